The van der Waals surface area contributed by atoms with Crippen LogP contribution in [0.3, 0.4) is 0 Å². The highest BCUT2D eigenvalue weighted by atomic mass is 16.2. The lowest BCUT2D eigenvalue weighted by Crippen LogP contribution is -2.32. The van der Waals surface area contributed by atoms with Crippen molar-refractivity contribution in [2.24, 2.45) is 5.92 Å². The maximum Gasteiger partial charge on any atom is 0.272 e. The van der Waals surface area contributed by atoms with Crippen molar-refractivity contribution in [1.82, 2.24) is 30.0 Å². The summed E-state index contributed by atoms with van der Waals surface area (Å²) < 4.78 is 0. The van der Waals surface area contributed by atoms with Crippen LogP contribution in [0.5, 0.6) is 0 Å². The van der Waals surface area contributed by atoms with Crippen LogP contribution >= 0.6 is 0 Å². The van der Waals surface area contributed by atoms with Crippen molar-refractivity contribution in [2.45, 2.75) is 25.7 Å². The summed E-state index contributed by atoms with van der Waals surface area (Å²) >= 11 is 0. The van der Waals surface area contributed by atoms with Gasteiger partial charge in [0.1, 0.15) is 12.0 Å². The van der Waals surface area contributed by atoms with E-state index in [1.807, 2.05) is 23.2 Å². The highest BCUT2D eigenvalue weighted by Crippen LogP contribution is 2.24. The maximum absolute atomic E-state index is 13.1. The Morgan fingerprint density at radius 2 is 1.97 bits per heavy atom. The van der Waals surface area contributed by atoms with Crippen LogP contribution in [0.2, 0.25) is 0 Å². The second-order valence-electron chi connectivity index (χ2n) is 8.12. The van der Waals surface area contributed by atoms with E-state index in [0.29, 0.717) is 17.3 Å². The molecule has 0 unspecified atom stereocenters. The average molecular weight is 412 g/mol. The Morgan fingerprint density at radius 1 is 1.06 bits per heavy atom. The van der Waals surface area contributed by atoms with Crippen LogP contribution in [-0.2, 0) is 6.42 Å². The molecule has 7 heteroatoms. The van der Waals surface area contributed by atoms with Crippen molar-refractivity contribution in [3.8, 4) is 11.3 Å². The van der Waals surface area contributed by atoms with Gasteiger partial charge in [0, 0.05) is 36.4 Å². The van der Waals surface area contributed by atoms with Crippen molar-refractivity contribution in [1.29, 1.82) is 0 Å². The molecule has 7 nitrogen and oxygen atoms in total. The molecule has 0 bridgehead atoms. The third kappa shape index (κ3) is 4.30. The molecule has 1 amide bonds. The van der Waals surface area contributed by atoms with Gasteiger partial charge in [-0.25, -0.2) is 15.0 Å². The van der Waals surface area contributed by atoms with Crippen molar-refractivity contribution in [3.63, 3.8) is 0 Å². The first-order valence-corrected chi connectivity index (χ1v) is 10.7. The minimum atomic E-state index is -0.000772. The number of carbonyl (C=O) groups excluding carboxylic acids is 1. The minimum Gasteiger partial charge on any atom is -0.337 e. The first-order valence-electron chi connectivity index (χ1n) is 10.7. The molecular weight excluding hydrogens is 388 g/mol. The number of nitrogens with zero attached hydrogens (tertiary/aromatic N) is 5. The third-order valence-corrected chi connectivity index (χ3v) is 5.99. The molecule has 4 aromatic rings. The van der Waals surface area contributed by atoms with E-state index in [-0.39, 0.29) is 5.91 Å². The number of hydrogen-bond donors (Lipinski definition) is 1. The molecular formula is C24H24N6O. The van der Waals surface area contributed by atoms with Crippen LogP contribution in [-0.4, -0.2) is 49.0 Å². The van der Waals surface area contributed by atoms with Gasteiger partial charge in [-0.15, -0.1) is 0 Å². The highest BCUT2D eigenvalue weighted by Gasteiger charge is 2.23. The fraction of sp³-hybridized carbons (Fsp3) is 0.292. The molecule has 31 heavy (non-hydrogen) atoms. The molecule has 4 heterocycles. The second-order valence-corrected chi connectivity index (χ2v) is 8.12. The lowest BCUT2D eigenvalue weighted by Gasteiger charge is -2.20. The standard InChI is InChI=1S/C24H24N6O/c31-24(23-5-1-4-21(28-23)20-13-25-16-26-14-20)30-9-2-3-17(8-10-30)11-18-6-7-22-19(12-18)15-27-29-22/h1,4-7,12-17H,2-3,8-11H2,(H,27,29)/t17-/m0/s1. The molecule has 1 atom stereocenters. The van der Waals surface area contributed by atoms with Gasteiger partial charge in [-0.3, -0.25) is 9.89 Å². The molecule has 1 aliphatic heterocycles. The predicted molar refractivity (Wildman–Crippen MR) is 118 cm³/mol. The number of nitrogens with one attached hydrogen (secondary N) is 1. The topological polar surface area (TPSA) is 87.7 Å². The molecule has 1 aliphatic rings. The van der Waals surface area contributed by atoms with Gasteiger partial charge in [0.25, 0.3) is 5.91 Å². The van der Waals surface area contributed by atoms with Gasteiger partial charge >= 0.3 is 0 Å². The Bertz CT molecular complexity index is 1190. The Labute approximate surface area is 180 Å². The molecule has 1 saturated heterocycles. The van der Waals surface area contributed by atoms with Crippen LogP contribution in [0, 0.1) is 5.92 Å². The van der Waals surface area contributed by atoms with E-state index in [0.717, 1.165) is 55.2 Å². The minimum absolute atomic E-state index is 0.000772. The van der Waals surface area contributed by atoms with Crippen molar-refractivity contribution in [2.75, 3.05) is 13.1 Å². The molecule has 0 saturated carbocycles. The average Bonchev–Trinajstić information content (AvgIpc) is 3.17. The van der Waals surface area contributed by atoms with Crippen LogP contribution in [0.1, 0.15) is 35.3 Å². The van der Waals surface area contributed by atoms with E-state index in [4.69, 9.17) is 0 Å². The first-order chi connectivity index (χ1) is 15.3. The summed E-state index contributed by atoms with van der Waals surface area (Å²) in [7, 11) is 0. The van der Waals surface area contributed by atoms with Crippen molar-refractivity contribution >= 4 is 16.8 Å². The molecule has 0 spiro atoms. The van der Waals surface area contributed by atoms with Crippen LogP contribution in [0.15, 0.2) is 61.3 Å². The first kappa shape index (κ1) is 19.4. The van der Waals surface area contributed by atoms with Crippen LogP contribution < -0.4 is 0 Å². The second kappa shape index (κ2) is 8.63. The Kier molecular flexibility index (Phi) is 5.39. The fourth-order valence-electron chi connectivity index (χ4n) is 4.33. The number of rotatable bonds is 4. The molecule has 0 aliphatic carbocycles. The zero-order valence-electron chi connectivity index (χ0n) is 17.2. The summed E-state index contributed by atoms with van der Waals surface area (Å²) in [4.78, 5) is 27.8. The number of pyridine rings is 1. The highest BCUT2D eigenvalue weighted by molar-refractivity contribution is 5.92. The molecule has 1 aromatic carbocycles. The Hall–Kier alpha value is -3.61. The van der Waals surface area contributed by atoms with Crippen LogP contribution in [0.4, 0.5) is 0 Å². The monoisotopic (exact) mass is 412 g/mol. The summed E-state index contributed by atoms with van der Waals surface area (Å²) in [6.07, 6.45) is 10.9. The lowest BCUT2D eigenvalue weighted by atomic mass is 9.92. The van der Waals surface area contributed by atoms with Gasteiger partial charge in [0.15, 0.2) is 0 Å². The largest absolute Gasteiger partial charge is 0.337 e. The lowest BCUT2D eigenvalue weighted by molar-refractivity contribution is 0.0754. The molecule has 5 rings (SSSR count). The number of likely N-dealkylation sites (tertiary alicyclic amines) is 1. The molecule has 1 fully saturated rings. The molecule has 156 valence electrons. The Morgan fingerprint density at radius 3 is 2.87 bits per heavy atom. The van der Waals surface area contributed by atoms with Crippen LogP contribution in [0.25, 0.3) is 22.2 Å². The molecule has 0 radical (unpaired) electrons. The van der Waals surface area contributed by atoms with Gasteiger partial charge in [0.2, 0.25) is 0 Å². The summed E-state index contributed by atoms with van der Waals surface area (Å²) in [6.45, 7) is 1.54. The quantitative estimate of drug-likeness (QED) is 0.549. The summed E-state index contributed by atoms with van der Waals surface area (Å²) in [5.41, 5.74) is 4.40. The Balaban J connectivity index is 1.25. The van der Waals surface area contributed by atoms with E-state index >= 15 is 0 Å². The number of H-pyrrole nitrogens is 1. The summed E-state index contributed by atoms with van der Waals surface area (Å²) in [6, 6.07) is 12.0. The van der Waals surface area contributed by atoms with E-state index < -0.39 is 0 Å². The zero-order chi connectivity index (χ0) is 21.0. The van der Waals surface area contributed by atoms with Crippen molar-refractivity contribution < 1.29 is 4.79 Å². The molecule has 1 N–H and O–H groups in total. The van der Waals surface area contributed by atoms with Gasteiger partial charge in [-0.05, 0) is 61.4 Å². The van der Waals surface area contributed by atoms with E-state index in [1.54, 1.807) is 18.5 Å². The van der Waals surface area contributed by atoms with E-state index in [2.05, 4.69) is 43.3 Å². The van der Waals surface area contributed by atoms with Crippen molar-refractivity contribution in [3.05, 3.63) is 72.6 Å². The number of carbonyl (C=O) groups is 1. The van der Waals surface area contributed by atoms with E-state index in [9.17, 15) is 4.79 Å². The molecule has 3 aromatic heterocycles. The number of aromatic nitrogens is 5. The van der Waals surface area contributed by atoms with Gasteiger partial charge in [0.05, 0.1) is 17.4 Å². The third-order valence-electron chi connectivity index (χ3n) is 5.99. The summed E-state index contributed by atoms with van der Waals surface area (Å²) in [5, 5.41) is 8.26. The number of aromatic amines is 1. The number of amides is 1. The smallest absolute Gasteiger partial charge is 0.272 e. The van der Waals surface area contributed by atoms with Gasteiger partial charge < -0.3 is 4.90 Å². The SMILES string of the molecule is O=C(c1cccc(-c2cncnc2)n1)N1CCC[C@H](Cc2ccc3[nH]ncc3c2)CC1. The number of hydrogen-bond acceptors (Lipinski definition) is 5. The summed E-state index contributed by atoms with van der Waals surface area (Å²) in [5.74, 6) is 0.571. The predicted octanol–water partition coefficient (Wildman–Crippen LogP) is 3.90. The maximum atomic E-state index is 13.1. The number of benzene rings is 1. The fourth-order valence-corrected chi connectivity index (χ4v) is 4.33. The van der Waals surface area contributed by atoms with Gasteiger partial charge in [-0.1, -0.05) is 12.1 Å². The van der Waals surface area contributed by atoms with Gasteiger partial charge in [-0.2, -0.15) is 5.10 Å². The zero-order valence-corrected chi connectivity index (χ0v) is 17.2. The van der Waals surface area contributed by atoms with E-state index in [1.165, 1.54) is 11.9 Å². The number of fused-ring (bicyclic) bond motifs is 1. The normalized spacial score (nSPS) is 16.9.